The zero-order valence-corrected chi connectivity index (χ0v) is 17.9. The Morgan fingerprint density at radius 2 is 1.19 bits per heavy atom. The van der Waals surface area contributed by atoms with Crippen LogP contribution in [0.15, 0.2) is 47.2 Å². The minimum absolute atomic E-state index is 0.0893. The highest BCUT2D eigenvalue weighted by Gasteiger charge is 2.17. The van der Waals surface area contributed by atoms with Gasteiger partial charge in [0.2, 0.25) is 0 Å². The third kappa shape index (κ3) is 6.97. The van der Waals surface area contributed by atoms with E-state index in [1.54, 1.807) is 0 Å². The van der Waals surface area contributed by atoms with E-state index in [2.05, 4.69) is 4.13 Å². The summed E-state index contributed by atoms with van der Waals surface area (Å²) in [5, 5.41) is 24.4. The van der Waals surface area contributed by atoms with Gasteiger partial charge >= 0.3 is 11.4 Å². The predicted molar refractivity (Wildman–Crippen MR) is 117 cm³/mol. The van der Waals surface area contributed by atoms with E-state index in [1.165, 1.54) is 73.6 Å². The fourth-order valence-corrected chi connectivity index (χ4v) is 3.98. The van der Waals surface area contributed by atoms with E-state index in [4.69, 9.17) is 9.47 Å². The molecule has 2 unspecified atom stereocenters. The van der Waals surface area contributed by atoms with Gasteiger partial charge in [0, 0.05) is 16.3 Å². The maximum absolute atomic E-state index is 12.0. The molecular weight excluding hydrogens is 450 g/mol. The van der Waals surface area contributed by atoms with E-state index in [9.17, 15) is 29.3 Å². The molecule has 0 fully saturated rings. The van der Waals surface area contributed by atoms with Gasteiger partial charge in [0.15, 0.2) is 11.5 Å². The van der Waals surface area contributed by atoms with Crippen molar-refractivity contribution in [2.75, 3.05) is 14.2 Å². The number of ether oxygens (including phenoxy) is 2. The van der Waals surface area contributed by atoms with Crippen molar-refractivity contribution in [3.05, 3.63) is 78.6 Å². The molecule has 0 spiro atoms. The molecule has 0 radical (unpaired) electrons. The molecule has 13 heteroatoms. The van der Waals surface area contributed by atoms with Gasteiger partial charge in [-0.05, 0) is 35.4 Å². The predicted octanol–water partition coefficient (Wildman–Crippen LogP) is 3.08. The van der Waals surface area contributed by atoms with Crippen molar-refractivity contribution in [1.29, 1.82) is 0 Å². The molecule has 0 amide bonds. The first-order valence-corrected chi connectivity index (χ1v) is 10.8. The first kappa shape index (κ1) is 24.2. The first-order valence-electron chi connectivity index (χ1n) is 8.34. The molecule has 1 N–H and O–H groups in total. The van der Waals surface area contributed by atoms with Crippen LogP contribution in [0, 0.1) is 20.2 Å². The van der Waals surface area contributed by atoms with Crippen LogP contribution >= 0.6 is 0 Å². The normalized spacial score (nSPS) is 13.3. The van der Waals surface area contributed by atoms with Crippen molar-refractivity contribution in [2.24, 2.45) is 0 Å². The number of benzene rings is 2. The number of methoxy groups -OCH3 is 2. The van der Waals surface area contributed by atoms with Crippen molar-refractivity contribution >= 4 is 46.3 Å². The van der Waals surface area contributed by atoms with E-state index in [-0.39, 0.29) is 22.9 Å². The largest absolute Gasteiger partial charge is 0.590 e. The third-order valence-corrected chi connectivity index (χ3v) is 5.81. The molecule has 0 aromatic heterocycles. The summed E-state index contributed by atoms with van der Waals surface area (Å²) in [4.78, 5) is 20.9. The third-order valence-electron chi connectivity index (χ3n) is 3.73. The van der Waals surface area contributed by atoms with Gasteiger partial charge in [0.1, 0.15) is 33.5 Å². The van der Waals surface area contributed by atoms with E-state index in [1.807, 2.05) is 0 Å². The van der Waals surface area contributed by atoms with Gasteiger partial charge in [-0.25, -0.2) is 0 Å². The molecule has 11 nitrogen and oxygen atoms in total. The fourth-order valence-electron chi connectivity index (χ4n) is 2.32. The zero-order chi connectivity index (χ0) is 23.0. The van der Waals surface area contributed by atoms with E-state index in [0.717, 1.165) is 0 Å². The van der Waals surface area contributed by atoms with Gasteiger partial charge in [0.05, 0.1) is 24.1 Å². The average Bonchev–Trinajstić information content (AvgIpc) is 2.75. The lowest BCUT2D eigenvalue weighted by molar-refractivity contribution is -0.385. The van der Waals surface area contributed by atoms with Crippen molar-refractivity contribution < 1.29 is 28.4 Å². The molecule has 2 aromatic carbocycles. The molecule has 0 aliphatic heterocycles. The van der Waals surface area contributed by atoms with Crippen molar-refractivity contribution in [3.63, 3.8) is 0 Å². The summed E-state index contributed by atoms with van der Waals surface area (Å²) in [6.07, 6.45) is 2.73. The Balaban J connectivity index is 2.02. The number of nitro groups is 2. The summed E-state index contributed by atoms with van der Waals surface area (Å²) in [6.45, 7) is 0. The van der Waals surface area contributed by atoms with Crippen LogP contribution in [0.3, 0.4) is 0 Å². The van der Waals surface area contributed by atoms with Gasteiger partial charge < -0.3 is 18.6 Å². The van der Waals surface area contributed by atoms with Crippen LogP contribution in [-0.4, -0.2) is 33.2 Å². The van der Waals surface area contributed by atoms with E-state index >= 15 is 0 Å². The highest BCUT2D eigenvalue weighted by molar-refractivity contribution is 8.07. The van der Waals surface area contributed by atoms with Gasteiger partial charge in [0.25, 0.3) is 0 Å². The molecular formula is C18H17N3O8S2. The fraction of sp³-hybridized carbons (Fsp3) is 0.111. The molecule has 2 atom stereocenters. The summed E-state index contributed by atoms with van der Waals surface area (Å²) < 4.78 is 36.2. The Hall–Kier alpha value is -3.10. The van der Waals surface area contributed by atoms with Crippen LogP contribution in [0.2, 0.25) is 0 Å². The molecule has 0 saturated carbocycles. The summed E-state index contributed by atoms with van der Waals surface area (Å²) in [5.41, 5.74) is 0.302. The highest BCUT2D eigenvalue weighted by atomic mass is 32.3. The Kier molecular flexibility index (Phi) is 8.84. The Labute approximate surface area is 183 Å². The molecule has 2 aromatic rings. The quantitative estimate of drug-likeness (QED) is 0.314. The second-order valence-corrected chi connectivity index (χ2v) is 8.06. The topological polar surface area (TPSA) is 163 Å². The lowest BCUT2D eigenvalue weighted by Gasteiger charge is -2.07. The Morgan fingerprint density at radius 1 is 0.806 bits per heavy atom. The van der Waals surface area contributed by atoms with Crippen LogP contribution in [0.5, 0.6) is 11.5 Å². The van der Waals surface area contributed by atoms with Crippen LogP contribution in [-0.2, 0) is 22.7 Å². The molecule has 0 aliphatic carbocycles. The summed E-state index contributed by atoms with van der Waals surface area (Å²) >= 11 is -3.72. The summed E-state index contributed by atoms with van der Waals surface area (Å²) in [7, 11) is 2.62. The lowest BCUT2D eigenvalue weighted by Crippen LogP contribution is -2.27. The molecule has 31 heavy (non-hydrogen) atoms. The van der Waals surface area contributed by atoms with Crippen molar-refractivity contribution in [1.82, 2.24) is 4.13 Å². The monoisotopic (exact) mass is 467 g/mol. The van der Waals surface area contributed by atoms with Gasteiger partial charge in [-0.3, -0.25) is 20.2 Å². The molecule has 0 heterocycles. The number of nitrogens with zero attached hydrogens (tertiary/aromatic N) is 2. The number of hydrogen-bond acceptors (Lipinski definition) is 9. The van der Waals surface area contributed by atoms with E-state index < -0.39 is 32.6 Å². The Bertz CT molecular complexity index is 936. The highest BCUT2D eigenvalue weighted by Crippen LogP contribution is 2.29. The SMILES string of the molecule is COc1ccc(/C=C\[S+]([O-])N[S+]([O-])/C=C/c2ccc(OC)c([N+](=O)[O-])c2)cc1[N+](=O)[O-]. The maximum Gasteiger partial charge on any atom is 0.311 e. The zero-order valence-electron chi connectivity index (χ0n) is 16.3. The van der Waals surface area contributed by atoms with Gasteiger partial charge in [-0.15, -0.1) is 0 Å². The number of nitro benzene ring substituents is 2. The number of rotatable bonds is 10. The van der Waals surface area contributed by atoms with Crippen molar-refractivity contribution in [2.45, 2.75) is 0 Å². The molecule has 164 valence electrons. The van der Waals surface area contributed by atoms with Crippen LogP contribution in [0.4, 0.5) is 11.4 Å². The minimum Gasteiger partial charge on any atom is -0.590 e. The van der Waals surface area contributed by atoms with Crippen LogP contribution < -0.4 is 13.6 Å². The maximum atomic E-state index is 12.0. The molecule has 0 saturated heterocycles. The van der Waals surface area contributed by atoms with Gasteiger partial charge in [-0.2, -0.15) is 0 Å². The standard InChI is InChI=1S/C18H17N3O8S2/c1-28-17-5-3-13(11-15(17)20(22)23)7-9-30(26)19-31(27)10-8-14-4-6-18(29-2)16(12-14)21(24)25/h3-12,19H,1-2H3/b9-7-,10-8+. The minimum atomic E-state index is -1.86. The Morgan fingerprint density at radius 3 is 1.52 bits per heavy atom. The van der Waals surface area contributed by atoms with E-state index in [0.29, 0.717) is 11.1 Å². The lowest BCUT2D eigenvalue weighted by atomic mass is 10.2. The van der Waals surface area contributed by atoms with Crippen LogP contribution in [0.1, 0.15) is 11.1 Å². The number of nitrogens with one attached hydrogen (secondary N) is 1. The number of hydrogen-bond donors (Lipinski definition) is 1. The second kappa shape index (κ2) is 11.3. The van der Waals surface area contributed by atoms with Crippen LogP contribution in [0.25, 0.3) is 12.2 Å². The smallest absolute Gasteiger partial charge is 0.311 e. The summed E-state index contributed by atoms with van der Waals surface area (Å²) in [5.74, 6) is 0.179. The average molecular weight is 467 g/mol. The second-order valence-electron chi connectivity index (χ2n) is 5.66. The molecule has 0 bridgehead atoms. The summed E-state index contributed by atoms with van der Waals surface area (Å²) in [6, 6.07) is 8.38. The van der Waals surface area contributed by atoms with Gasteiger partial charge in [-0.1, -0.05) is 12.1 Å². The molecule has 2 rings (SSSR count). The first-order chi connectivity index (χ1) is 14.7. The van der Waals surface area contributed by atoms with Crippen molar-refractivity contribution in [3.8, 4) is 11.5 Å². The molecule has 0 aliphatic rings.